The van der Waals surface area contributed by atoms with E-state index < -0.39 is 0 Å². The van der Waals surface area contributed by atoms with Gasteiger partial charge in [-0.1, -0.05) is 161 Å². The summed E-state index contributed by atoms with van der Waals surface area (Å²) in [6.07, 6.45) is 36.3. The van der Waals surface area contributed by atoms with Crippen LogP contribution >= 0.6 is 0 Å². The molecule has 0 heterocycles. The van der Waals surface area contributed by atoms with Gasteiger partial charge in [-0.15, -0.1) is 0 Å². The van der Waals surface area contributed by atoms with E-state index in [1.807, 2.05) is 0 Å². The lowest BCUT2D eigenvalue weighted by Crippen LogP contribution is -1.84. The fraction of sp³-hybridized carbons (Fsp3) is 0.926. The Morgan fingerprint density at radius 2 is 0.593 bits per heavy atom. The molecule has 0 aliphatic rings. The van der Waals surface area contributed by atoms with Crippen molar-refractivity contribution in [3.8, 4) is 0 Å². The molecule has 0 bridgehead atoms. The van der Waals surface area contributed by atoms with E-state index in [1.165, 1.54) is 148 Å². The van der Waals surface area contributed by atoms with Gasteiger partial charge in [0.05, 0.1) is 0 Å². The molecule has 1 radical (unpaired) electrons. The molecule has 0 amide bonds. The highest BCUT2D eigenvalue weighted by molar-refractivity contribution is 4.61. The maximum absolute atomic E-state index is 5.40. The van der Waals surface area contributed by atoms with Crippen LogP contribution in [0.5, 0.6) is 0 Å². The zero-order valence-electron chi connectivity index (χ0n) is 19.1. The van der Waals surface area contributed by atoms with Gasteiger partial charge in [-0.2, -0.15) is 0 Å². The van der Waals surface area contributed by atoms with Crippen molar-refractivity contribution in [2.45, 2.75) is 161 Å². The first-order valence-corrected chi connectivity index (χ1v) is 12.9. The van der Waals surface area contributed by atoms with Crippen LogP contribution < -0.4 is 0 Å². The highest BCUT2D eigenvalue weighted by Gasteiger charge is 1.95. The lowest BCUT2D eigenvalue weighted by Gasteiger charge is -2.04. The van der Waals surface area contributed by atoms with Gasteiger partial charge in [0.25, 0.3) is 0 Å². The number of rotatable bonds is 24. The Morgan fingerprint density at radius 3 is 0.815 bits per heavy atom. The summed E-state index contributed by atoms with van der Waals surface area (Å²) in [4.78, 5) is 0. The van der Waals surface area contributed by atoms with Gasteiger partial charge in [-0.3, -0.25) is 0 Å². The Kier molecular flexibility index (Phi) is 25.5. The molecule has 0 unspecified atom stereocenters. The highest BCUT2D eigenvalue weighted by atomic mass is 14.0. The van der Waals surface area contributed by atoms with Crippen LogP contribution in [0.1, 0.15) is 161 Å². The molecule has 0 aliphatic carbocycles. The summed E-state index contributed by atoms with van der Waals surface area (Å²) in [7, 11) is 0. The van der Waals surface area contributed by atoms with Gasteiger partial charge in [0, 0.05) is 0 Å². The number of unbranched alkanes of at least 4 members (excludes halogenated alkanes) is 23. The summed E-state index contributed by atoms with van der Waals surface area (Å²) < 4.78 is 0. The van der Waals surface area contributed by atoms with Crippen LogP contribution in [0.15, 0.2) is 6.08 Å². The van der Waals surface area contributed by atoms with E-state index in [1.54, 1.807) is 6.08 Å². The van der Waals surface area contributed by atoms with Crippen molar-refractivity contribution in [3.63, 3.8) is 0 Å². The van der Waals surface area contributed by atoms with Crippen LogP contribution in [0.25, 0.3) is 0 Å². The standard InChI is InChI=1S/C27H53/c1-3-5-7-9-11-13-15-17-19-21-23-25-27-26-24-22-20-18-16-14-12-10-8-6-4-2/h1,3H,4-27H2,2H3. The van der Waals surface area contributed by atoms with Crippen LogP contribution in [0.2, 0.25) is 0 Å². The van der Waals surface area contributed by atoms with E-state index in [0.29, 0.717) is 0 Å². The van der Waals surface area contributed by atoms with Crippen molar-refractivity contribution < 1.29 is 0 Å². The monoisotopic (exact) mass is 377 g/mol. The van der Waals surface area contributed by atoms with Gasteiger partial charge in [-0.05, 0) is 12.8 Å². The second kappa shape index (κ2) is 25.7. The van der Waals surface area contributed by atoms with Crippen molar-refractivity contribution in [2.75, 3.05) is 0 Å². The van der Waals surface area contributed by atoms with Crippen molar-refractivity contribution in [2.24, 2.45) is 0 Å². The zero-order chi connectivity index (χ0) is 19.7. The van der Waals surface area contributed by atoms with E-state index in [-0.39, 0.29) is 0 Å². The lowest BCUT2D eigenvalue weighted by molar-refractivity contribution is 0.518. The van der Waals surface area contributed by atoms with E-state index >= 15 is 0 Å². The zero-order valence-corrected chi connectivity index (χ0v) is 19.1. The second-order valence-electron chi connectivity index (χ2n) is 8.80. The largest absolute Gasteiger partial charge is 0.0845 e. The molecular weight excluding hydrogens is 324 g/mol. The van der Waals surface area contributed by atoms with Crippen molar-refractivity contribution in [1.82, 2.24) is 0 Å². The van der Waals surface area contributed by atoms with Gasteiger partial charge in [0.15, 0.2) is 0 Å². The Hall–Kier alpha value is -0.260. The fourth-order valence-corrected chi connectivity index (χ4v) is 4.05. The first-order valence-electron chi connectivity index (χ1n) is 12.9. The third kappa shape index (κ3) is 25.7. The Labute approximate surface area is 174 Å². The molecule has 0 saturated carbocycles. The third-order valence-corrected chi connectivity index (χ3v) is 5.97. The quantitative estimate of drug-likeness (QED) is 0.147. The van der Waals surface area contributed by atoms with Crippen LogP contribution in [0.4, 0.5) is 0 Å². The number of allylic oxidation sites excluding steroid dienone is 1. The number of hydrogen-bond acceptors (Lipinski definition) is 0. The first kappa shape index (κ1) is 26.7. The summed E-state index contributed by atoms with van der Waals surface area (Å²) in [6.45, 7) is 7.70. The average Bonchev–Trinajstić information content (AvgIpc) is 2.68. The van der Waals surface area contributed by atoms with Crippen LogP contribution in [-0.4, -0.2) is 0 Å². The molecule has 0 aromatic rings. The summed E-state index contributed by atoms with van der Waals surface area (Å²) in [5.74, 6) is 0. The average molecular weight is 378 g/mol. The van der Waals surface area contributed by atoms with E-state index in [4.69, 9.17) is 6.58 Å². The fourth-order valence-electron chi connectivity index (χ4n) is 4.05. The van der Waals surface area contributed by atoms with Gasteiger partial charge in [0.2, 0.25) is 0 Å². The molecule has 0 aliphatic heterocycles. The summed E-state index contributed by atoms with van der Waals surface area (Å²) in [5.41, 5.74) is 0. The molecule has 0 N–H and O–H groups in total. The molecular formula is C27H53. The van der Waals surface area contributed by atoms with Crippen LogP contribution in [-0.2, 0) is 0 Å². The normalized spacial score (nSPS) is 11.1. The van der Waals surface area contributed by atoms with E-state index in [9.17, 15) is 0 Å². The van der Waals surface area contributed by atoms with Crippen LogP contribution in [0, 0.1) is 6.58 Å². The predicted molar refractivity (Wildman–Crippen MR) is 125 cm³/mol. The van der Waals surface area contributed by atoms with Crippen molar-refractivity contribution in [3.05, 3.63) is 12.7 Å². The summed E-state index contributed by atoms with van der Waals surface area (Å²) in [5, 5.41) is 0. The minimum Gasteiger partial charge on any atom is -0.0845 e. The topological polar surface area (TPSA) is 0 Å². The molecule has 27 heavy (non-hydrogen) atoms. The molecule has 0 heteroatoms. The minimum absolute atomic E-state index is 1.10. The second-order valence-corrected chi connectivity index (χ2v) is 8.80. The van der Waals surface area contributed by atoms with Gasteiger partial charge >= 0.3 is 0 Å². The Bertz CT molecular complexity index is 255. The number of hydrogen-bond donors (Lipinski definition) is 0. The molecule has 0 fully saturated rings. The maximum atomic E-state index is 5.40. The first-order chi connectivity index (χ1) is 13.4. The Balaban J connectivity index is 2.96. The molecule has 0 aromatic heterocycles. The maximum Gasteiger partial charge on any atom is -0.0348 e. The van der Waals surface area contributed by atoms with Crippen molar-refractivity contribution in [1.29, 1.82) is 0 Å². The van der Waals surface area contributed by atoms with Crippen LogP contribution in [0.3, 0.4) is 0 Å². The van der Waals surface area contributed by atoms with E-state index in [2.05, 4.69) is 6.92 Å². The predicted octanol–water partition coefficient (Wildman–Crippen LogP) is 10.4. The molecule has 0 atom stereocenters. The highest BCUT2D eigenvalue weighted by Crippen LogP contribution is 2.15. The lowest BCUT2D eigenvalue weighted by atomic mass is 10.0. The molecule has 0 rings (SSSR count). The molecule has 0 saturated heterocycles. The summed E-state index contributed by atoms with van der Waals surface area (Å²) in [6, 6.07) is 0. The minimum atomic E-state index is 1.10. The van der Waals surface area contributed by atoms with E-state index in [0.717, 1.165) is 6.42 Å². The van der Waals surface area contributed by atoms with Gasteiger partial charge < -0.3 is 0 Å². The van der Waals surface area contributed by atoms with Gasteiger partial charge in [-0.25, -0.2) is 0 Å². The summed E-state index contributed by atoms with van der Waals surface area (Å²) >= 11 is 0. The Morgan fingerprint density at radius 1 is 0.370 bits per heavy atom. The third-order valence-electron chi connectivity index (χ3n) is 5.97. The molecule has 0 spiro atoms. The molecule has 161 valence electrons. The molecule has 0 nitrogen and oxygen atoms in total. The SMILES string of the molecule is [CH]=CCCCCCCCCCCCCCCCCCCCCCCCCC. The van der Waals surface area contributed by atoms with Crippen molar-refractivity contribution >= 4 is 0 Å². The molecule has 0 aromatic carbocycles. The van der Waals surface area contributed by atoms with Gasteiger partial charge in [0.1, 0.15) is 0 Å². The smallest absolute Gasteiger partial charge is 0.0348 e.